The average Bonchev–Trinajstić information content (AvgIpc) is 3.57. The fraction of sp³-hybridized carbons (Fsp3) is 0. The Morgan fingerprint density at radius 3 is 1.64 bits per heavy atom. The maximum Gasteiger partial charge on any atom is 0.190 e. The van der Waals surface area contributed by atoms with Crippen LogP contribution in [0.15, 0.2) is 144 Å². The van der Waals surface area contributed by atoms with Crippen LogP contribution in [-0.2, 0) is 0 Å². The molecule has 5 aromatic carbocycles. The maximum atomic E-state index is 7.40. The van der Waals surface area contributed by atoms with Crippen molar-refractivity contribution in [2.45, 2.75) is 0 Å². The van der Waals surface area contributed by atoms with Crippen molar-refractivity contribution in [1.82, 2.24) is 0 Å². The van der Waals surface area contributed by atoms with Gasteiger partial charge < -0.3 is 14.2 Å². The second-order valence-electron chi connectivity index (χ2n) is 9.17. The quantitative estimate of drug-likeness (QED) is 0.208. The number of furan rings is 1. The van der Waals surface area contributed by atoms with Crippen molar-refractivity contribution in [1.29, 1.82) is 0 Å². The lowest BCUT2D eigenvalue weighted by Gasteiger charge is -2.30. The summed E-state index contributed by atoms with van der Waals surface area (Å²) in [6.45, 7) is 0. The van der Waals surface area contributed by atoms with Crippen molar-refractivity contribution in [2.24, 2.45) is 0 Å². The van der Waals surface area contributed by atoms with E-state index in [9.17, 15) is 0 Å². The van der Waals surface area contributed by atoms with Crippen molar-refractivity contribution in [3.8, 4) is 0 Å². The van der Waals surface area contributed by atoms with Crippen LogP contribution in [0, 0.1) is 0 Å². The van der Waals surface area contributed by atoms with Gasteiger partial charge in [0.1, 0.15) is 6.26 Å². The van der Waals surface area contributed by atoms with Crippen LogP contribution in [0.1, 0.15) is 0 Å². The molecule has 0 bridgehead atoms. The first-order valence-electron chi connectivity index (χ1n) is 12.7. The van der Waals surface area contributed by atoms with E-state index >= 15 is 0 Å². The number of hydrogen-bond donors (Lipinski definition) is 0. The highest BCUT2D eigenvalue weighted by atomic mass is 35.5. The second kappa shape index (κ2) is 9.99. The number of halogens is 1. The molecule has 0 unspecified atom stereocenters. The molecule has 0 radical (unpaired) electrons. The summed E-state index contributed by atoms with van der Waals surface area (Å²) >= 11 is 9.06. The Hall–Kier alpha value is -4.51. The van der Waals surface area contributed by atoms with Gasteiger partial charge in [-0.05, 0) is 54.6 Å². The summed E-state index contributed by atoms with van der Waals surface area (Å²) < 4.78 is 7.33. The molecule has 39 heavy (non-hydrogen) atoms. The van der Waals surface area contributed by atoms with Gasteiger partial charge >= 0.3 is 0 Å². The van der Waals surface area contributed by atoms with Crippen LogP contribution in [0.4, 0.5) is 34.1 Å². The molecule has 3 nitrogen and oxygen atoms in total. The first kappa shape index (κ1) is 23.6. The summed E-state index contributed by atoms with van der Waals surface area (Å²) in [5, 5.41) is 2.90. The molecular weight excluding hydrogens is 520 g/mol. The minimum Gasteiger partial charge on any atom is -0.451 e. The average molecular weight is 543 g/mol. The molecule has 0 fully saturated rings. The highest BCUT2D eigenvalue weighted by Gasteiger charge is 2.25. The topological polar surface area (TPSA) is 19.6 Å². The predicted molar refractivity (Wildman–Crippen MR) is 166 cm³/mol. The van der Waals surface area contributed by atoms with Crippen LogP contribution in [0.5, 0.6) is 0 Å². The first-order valence-corrected chi connectivity index (χ1v) is 13.9. The van der Waals surface area contributed by atoms with Gasteiger partial charge in [0.2, 0.25) is 0 Å². The molecule has 7 rings (SSSR count). The number of para-hydroxylation sites is 3. The summed E-state index contributed by atoms with van der Waals surface area (Å²) in [4.78, 5) is 5.29. The van der Waals surface area contributed by atoms with Crippen LogP contribution in [0.25, 0.3) is 20.4 Å². The van der Waals surface area contributed by atoms with Crippen LogP contribution < -0.4 is 9.80 Å². The third kappa shape index (κ3) is 4.15. The molecule has 0 aliphatic carbocycles. The molecule has 0 spiro atoms. The van der Waals surface area contributed by atoms with Crippen molar-refractivity contribution >= 4 is 77.4 Å². The van der Waals surface area contributed by atoms with Crippen LogP contribution in [0.3, 0.4) is 0 Å². The molecule has 0 atom stereocenters. The Balaban J connectivity index is 1.47. The van der Waals surface area contributed by atoms with E-state index in [2.05, 4.69) is 88.7 Å². The summed E-state index contributed by atoms with van der Waals surface area (Å²) in [7, 11) is 0. The number of thiophene rings is 1. The minimum absolute atomic E-state index is 0.642. The SMILES string of the molecule is Clc1c(N(c2ccccc2)c2ccccc2)cccc1N(c1ccccc1)c1coc2sc3ccccc3c12. The van der Waals surface area contributed by atoms with Gasteiger partial charge in [-0.2, -0.15) is 0 Å². The van der Waals surface area contributed by atoms with Crippen molar-refractivity contribution < 1.29 is 4.42 Å². The largest absolute Gasteiger partial charge is 0.451 e. The number of anilines is 6. The summed E-state index contributed by atoms with van der Waals surface area (Å²) in [5.74, 6) is 0. The van der Waals surface area contributed by atoms with Gasteiger partial charge in [-0.25, -0.2) is 0 Å². The third-order valence-corrected chi connectivity index (χ3v) is 8.27. The molecule has 7 aromatic rings. The van der Waals surface area contributed by atoms with Gasteiger partial charge in [-0.3, -0.25) is 0 Å². The lowest BCUT2D eigenvalue weighted by molar-refractivity contribution is 0.624. The van der Waals surface area contributed by atoms with E-state index in [1.165, 1.54) is 10.1 Å². The van der Waals surface area contributed by atoms with Gasteiger partial charge in [0.05, 0.1) is 27.5 Å². The lowest BCUT2D eigenvalue weighted by atomic mass is 10.1. The molecule has 0 N–H and O–H groups in total. The second-order valence-corrected chi connectivity index (χ2v) is 10.6. The number of hydrogen-bond acceptors (Lipinski definition) is 4. The molecule has 2 heterocycles. The van der Waals surface area contributed by atoms with E-state index in [-0.39, 0.29) is 0 Å². The monoisotopic (exact) mass is 542 g/mol. The Bertz CT molecular complexity index is 1840. The number of rotatable bonds is 6. The number of benzene rings is 5. The van der Waals surface area contributed by atoms with E-state index in [0.717, 1.165) is 44.4 Å². The zero-order valence-corrected chi connectivity index (χ0v) is 22.4. The van der Waals surface area contributed by atoms with Gasteiger partial charge in [-0.15, -0.1) is 0 Å². The highest BCUT2D eigenvalue weighted by molar-refractivity contribution is 7.25. The Labute approximate surface area is 235 Å². The Morgan fingerprint density at radius 1 is 0.513 bits per heavy atom. The van der Waals surface area contributed by atoms with E-state index in [1.807, 2.05) is 60.9 Å². The van der Waals surface area contributed by atoms with Gasteiger partial charge in [0.15, 0.2) is 4.90 Å². The molecule has 0 aliphatic rings. The van der Waals surface area contributed by atoms with Crippen molar-refractivity contribution in [3.05, 3.63) is 145 Å². The van der Waals surface area contributed by atoms with Gasteiger partial charge in [0, 0.05) is 27.1 Å². The van der Waals surface area contributed by atoms with E-state index in [0.29, 0.717) is 5.02 Å². The maximum absolute atomic E-state index is 7.40. The first-order chi connectivity index (χ1) is 19.3. The Morgan fingerprint density at radius 2 is 1.03 bits per heavy atom. The molecule has 188 valence electrons. The zero-order valence-electron chi connectivity index (χ0n) is 20.9. The molecule has 2 aromatic heterocycles. The molecule has 0 saturated heterocycles. The lowest BCUT2D eigenvalue weighted by Crippen LogP contribution is -2.14. The predicted octanol–water partition coefficient (Wildman–Crippen LogP) is 11.2. The fourth-order valence-corrected chi connectivity index (χ4v) is 6.44. The number of fused-ring (bicyclic) bond motifs is 3. The van der Waals surface area contributed by atoms with E-state index in [1.54, 1.807) is 11.3 Å². The van der Waals surface area contributed by atoms with Crippen LogP contribution >= 0.6 is 22.9 Å². The zero-order chi connectivity index (χ0) is 26.2. The van der Waals surface area contributed by atoms with Gasteiger partial charge in [-0.1, -0.05) is 102 Å². The van der Waals surface area contributed by atoms with Crippen LogP contribution in [0.2, 0.25) is 5.02 Å². The molecule has 0 amide bonds. The van der Waals surface area contributed by atoms with Crippen molar-refractivity contribution in [3.63, 3.8) is 0 Å². The molecule has 0 saturated carbocycles. The molecule has 5 heteroatoms. The van der Waals surface area contributed by atoms with E-state index in [4.69, 9.17) is 16.0 Å². The van der Waals surface area contributed by atoms with Gasteiger partial charge in [0.25, 0.3) is 0 Å². The highest BCUT2D eigenvalue weighted by Crippen LogP contribution is 2.50. The van der Waals surface area contributed by atoms with Crippen LogP contribution in [-0.4, -0.2) is 0 Å². The summed E-state index contributed by atoms with van der Waals surface area (Å²) in [6.07, 6.45) is 1.84. The standard InChI is InChI=1S/C34H23ClN2OS/c35-33-28(36(24-13-4-1-5-14-24)25-15-6-2-7-16-25)20-12-21-29(33)37(26-17-8-3-9-18-26)30-23-38-34-32(30)27-19-10-11-22-31(27)39-34/h1-23H. The fourth-order valence-electron chi connectivity index (χ4n) is 5.10. The molecular formula is C34H23ClN2OS. The normalized spacial score (nSPS) is 11.2. The Kier molecular flexibility index (Phi) is 6.04. The molecule has 0 aliphatic heterocycles. The van der Waals surface area contributed by atoms with E-state index < -0.39 is 0 Å². The minimum atomic E-state index is 0.642. The smallest absolute Gasteiger partial charge is 0.190 e. The summed E-state index contributed by atoms with van der Waals surface area (Å²) in [6, 6.07) is 45.6. The number of nitrogens with zero attached hydrogens (tertiary/aromatic N) is 2. The summed E-state index contributed by atoms with van der Waals surface area (Å²) in [5.41, 5.74) is 5.78. The van der Waals surface area contributed by atoms with Crippen molar-refractivity contribution in [2.75, 3.05) is 9.80 Å². The third-order valence-electron chi connectivity index (χ3n) is 6.82.